The first kappa shape index (κ1) is 15.2. The highest BCUT2D eigenvalue weighted by atomic mass is 16.1. The van der Waals surface area contributed by atoms with E-state index in [1.54, 1.807) is 6.07 Å². The van der Waals surface area contributed by atoms with Crippen LogP contribution in [0.15, 0.2) is 24.3 Å². The van der Waals surface area contributed by atoms with Crippen LogP contribution in [-0.2, 0) is 4.79 Å². The number of carbonyl (C=O) groups is 1. The van der Waals surface area contributed by atoms with Gasteiger partial charge in [-0.1, -0.05) is 26.0 Å². The zero-order valence-electron chi connectivity index (χ0n) is 11.7. The molecule has 0 fully saturated rings. The first-order valence-corrected chi connectivity index (χ1v) is 6.55. The Morgan fingerprint density at radius 1 is 1.32 bits per heavy atom. The van der Waals surface area contributed by atoms with Crippen LogP contribution in [0.1, 0.15) is 37.9 Å². The topological polar surface area (TPSA) is 64.9 Å². The van der Waals surface area contributed by atoms with Gasteiger partial charge in [-0.25, -0.2) is 0 Å². The van der Waals surface area contributed by atoms with E-state index < -0.39 is 0 Å². The van der Waals surface area contributed by atoms with Gasteiger partial charge in [-0.2, -0.15) is 5.26 Å². The summed E-state index contributed by atoms with van der Waals surface area (Å²) >= 11 is 0. The summed E-state index contributed by atoms with van der Waals surface area (Å²) in [5.74, 6) is 0.0886. The van der Waals surface area contributed by atoms with Gasteiger partial charge in [0.25, 0.3) is 0 Å². The molecule has 0 saturated carbocycles. The number of carbonyl (C=O) groups excluding carboxylic acids is 1. The average molecular weight is 259 g/mol. The van der Waals surface area contributed by atoms with E-state index in [4.69, 9.17) is 5.26 Å². The minimum absolute atomic E-state index is 0.0183. The van der Waals surface area contributed by atoms with Crippen molar-refractivity contribution in [3.63, 3.8) is 0 Å². The minimum atomic E-state index is 0.0183. The van der Waals surface area contributed by atoms with E-state index in [1.165, 1.54) is 0 Å². The molecule has 0 spiro atoms. The largest absolute Gasteiger partial charge is 0.355 e. The number of hydrogen-bond donors (Lipinski definition) is 2. The van der Waals surface area contributed by atoms with Crippen molar-refractivity contribution in [3.05, 3.63) is 35.4 Å². The molecule has 1 rings (SSSR count). The van der Waals surface area contributed by atoms with E-state index in [1.807, 2.05) is 39.0 Å². The molecule has 19 heavy (non-hydrogen) atoms. The van der Waals surface area contributed by atoms with E-state index in [0.717, 1.165) is 5.56 Å². The molecular formula is C15H21N3O. The predicted octanol–water partition coefficient (Wildman–Crippen LogP) is 1.98. The Kier molecular flexibility index (Phi) is 6.04. The number of nitriles is 1. The van der Waals surface area contributed by atoms with E-state index >= 15 is 0 Å². The van der Waals surface area contributed by atoms with Gasteiger partial charge in [0.15, 0.2) is 0 Å². The number of hydrogen-bond acceptors (Lipinski definition) is 3. The molecule has 0 bridgehead atoms. The van der Waals surface area contributed by atoms with Crippen LogP contribution in [0.2, 0.25) is 0 Å². The van der Waals surface area contributed by atoms with Crippen molar-refractivity contribution in [2.24, 2.45) is 5.92 Å². The molecule has 0 aliphatic carbocycles. The molecule has 1 aromatic carbocycles. The molecule has 0 aliphatic heterocycles. The third-order valence-electron chi connectivity index (χ3n) is 2.91. The van der Waals surface area contributed by atoms with Gasteiger partial charge in [0.2, 0.25) is 5.91 Å². The van der Waals surface area contributed by atoms with Crippen molar-refractivity contribution >= 4 is 5.91 Å². The lowest BCUT2D eigenvalue weighted by Gasteiger charge is -2.15. The molecular weight excluding hydrogens is 238 g/mol. The van der Waals surface area contributed by atoms with Gasteiger partial charge in [-0.05, 0) is 24.6 Å². The molecule has 2 N–H and O–H groups in total. The first-order chi connectivity index (χ1) is 9.04. The van der Waals surface area contributed by atoms with Crippen molar-refractivity contribution in [2.45, 2.75) is 26.8 Å². The van der Waals surface area contributed by atoms with Crippen LogP contribution in [0, 0.1) is 17.2 Å². The Morgan fingerprint density at radius 2 is 2.05 bits per heavy atom. The Morgan fingerprint density at radius 3 is 2.68 bits per heavy atom. The van der Waals surface area contributed by atoms with Gasteiger partial charge >= 0.3 is 0 Å². The molecule has 0 heterocycles. The van der Waals surface area contributed by atoms with Crippen LogP contribution in [0.5, 0.6) is 0 Å². The van der Waals surface area contributed by atoms with E-state index in [0.29, 0.717) is 18.7 Å². The average Bonchev–Trinajstić information content (AvgIpc) is 2.42. The lowest BCUT2D eigenvalue weighted by molar-refractivity contribution is -0.123. The molecule has 1 atom stereocenters. The van der Waals surface area contributed by atoms with Gasteiger partial charge in [-0.3, -0.25) is 4.79 Å². The lowest BCUT2D eigenvalue weighted by atomic mass is 10.1. The van der Waals surface area contributed by atoms with Gasteiger partial charge in [0, 0.05) is 25.0 Å². The maximum absolute atomic E-state index is 11.4. The maximum Gasteiger partial charge on any atom is 0.222 e. The van der Waals surface area contributed by atoms with E-state index in [-0.39, 0.29) is 17.9 Å². The third kappa shape index (κ3) is 5.11. The van der Waals surface area contributed by atoms with Crippen molar-refractivity contribution < 1.29 is 4.79 Å². The number of benzene rings is 1. The molecule has 1 aromatic rings. The van der Waals surface area contributed by atoms with Crippen LogP contribution in [0.3, 0.4) is 0 Å². The van der Waals surface area contributed by atoms with Crippen molar-refractivity contribution in [1.82, 2.24) is 10.6 Å². The fourth-order valence-corrected chi connectivity index (χ4v) is 1.67. The van der Waals surface area contributed by atoms with Crippen molar-refractivity contribution in [2.75, 3.05) is 13.1 Å². The lowest BCUT2D eigenvalue weighted by Crippen LogP contribution is -2.35. The fraction of sp³-hybridized carbons (Fsp3) is 0.467. The van der Waals surface area contributed by atoms with Crippen molar-refractivity contribution in [3.8, 4) is 6.07 Å². The van der Waals surface area contributed by atoms with E-state index in [9.17, 15) is 4.79 Å². The summed E-state index contributed by atoms with van der Waals surface area (Å²) in [5.41, 5.74) is 1.74. The van der Waals surface area contributed by atoms with Crippen LogP contribution in [0.4, 0.5) is 0 Å². The highest BCUT2D eigenvalue weighted by Crippen LogP contribution is 2.13. The molecule has 0 aromatic heterocycles. The fourth-order valence-electron chi connectivity index (χ4n) is 1.67. The second-order valence-corrected chi connectivity index (χ2v) is 4.86. The Bertz CT molecular complexity index is 463. The number of nitrogens with one attached hydrogen (secondary N) is 2. The molecule has 0 radical (unpaired) electrons. The number of nitrogens with zero attached hydrogens (tertiary/aromatic N) is 1. The van der Waals surface area contributed by atoms with Crippen LogP contribution in [-0.4, -0.2) is 19.0 Å². The molecule has 4 nitrogen and oxygen atoms in total. The smallest absolute Gasteiger partial charge is 0.222 e. The second kappa shape index (κ2) is 7.55. The maximum atomic E-state index is 11.4. The summed E-state index contributed by atoms with van der Waals surface area (Å²) in [4.78, 5) is 11.4. The summed E-state index contributed by atoms with van der Waals surface area (Å²) in [6.45, 7) is 7.11. The Hall–Kier alpha value is -1.86. The quantitative estimate of drug-likeness (QED) is 0.768. The highest BCUT2D eigenvalue weighted by Gasteiger charge is 2.07. The Balaban J connectivity index is 2.37. The summed E-state index contributed by atoms with van der Waals surface area (Å²) in [7, 11) is 0. The highest BCUT2D eigenvalue weighted by molar-refractivity contribution is 5.77. The monoisotopic (exact) mass is 259 g/mol. The van der Waals surface area contributed by atoms with Crippen LogP contribution in [0.25, 0.3) is 0 Å². The predicted molar refractivity (Wildman–Crippen MR) is 75.4 cm³/mol. The van der Waals surface area contributed by atoms with E-state index in [2.05, 4.69) is 16.7 Å². The third-order valence-corrected chi connectivity index (χ3v) is 2.91. The first-order valence-electron chi connectivity index (χ1n) is 6.55. The zero-order valence-corrected chi connectivity index (χ0v) is 11.7. The Labute approximate surface area is 114 Å². The van der Waals surface area contributed by atoms with Gasteiger partial charge in [-0.15, -0.1) is 0 Å². The molecule has 1 amide bonds. The van der Waals surface area contributed by atoms with Gasteiger partial charge in [0.05, 0.1) is 11.6 Å². The van der Waals surface area contributed by atoms with Gasteiger partial charge < -0.3 is 10.6 Å². The summed E-state index contributed by atoms with van der Waals surface area (Å²) in [6, 6.07) is 9.83. The minimum Gasteiger partial charge on any atom is -0.355 e. The molecule has 0 aliphatic rings. The standard InChI is InChI=1S/C15H21N3O/c1-11(2)15(19)18-8-7-17-12(3)14-6-4-5-13(9-14)10-16/h4-6,9,11-12,17H,7-8H2,1-3H3,(H,18,19). The number of amides is 1. The molecule has 102 valence electrons. The molecule has 1 unspecified atom stereocenters. The summed E-state index contributed by atoms with van der Waals surface area (Å²) in [6.07, 6.45) is 0. The van der Waals surface area contributed by atoms with Crippen LogP contribution >= 0.6 is 0 Å². The van der Waals surface area contributed by atoms with Gasteiger partial charge in [0.1, 0.15) is 0 Å². The summed E-state index contributed by atoms with van der Waals surface area (Å²) < 4.78 is 0. The van der Waals surface area contributed by atoms with Crippen LogP contribution < -0.4 is 10.6 Å². The normalized spacial score (nSPS) is 11.9. The zero-order chi connectivity index (χ0) is 14.3. The summed E-state index contributed by atoms with van der Waals surface area (Å²) in [5, 5.41) is 15.0. The molecule has 0 saturated heterocycles. The van der Waals surface area contributed by atoms with Crippen molar-refractivity contribution in [1.29, 1.82) is 5.26 Å². The SMILES string of the molecule is CC(C)C(=O)NCCNC(C)c1cccc(C#N)c1. The number of rotatable bonds is 6. The second-order valence-electron chi connectivity index (χ2n) is 4.86. The molecule has 4 heteroatoms.